The van der Waals surface area contributed by atoms with E-state index in [1.807, 2.05) is 24.9 Å². The van der Waals surface area contributed by atoms with Crippen molar-refractivity contribution < 1.29 is 5.11 Å². The van der Waals surface area contributed by atoms with Gasteiger partial charge in [0.2, 0.25) is 0 Å². The SMILES string of the molecule is CSCCC(CO)NCc1cnc(C)s1. The molecule has 0 aliphatic heterocycles. The van der Waals surface area contributed by atoms with Gasteiger partial charge in [-0.3, -0.25) is 0 Å². The second-order valence-corrected chi connectivity index (χ2v) is 5.69. The summed E-state index contributed by atoms with van der Waals surface area (Å²) in [4.78, 5) is 5.43. The average molecular weight is 246 g/mol. The van der Waals surface area contributed by atoms with Gasteiger partial charge in [0.15, 0.2) is 0 Å². The van der Waals surface area contributed by atoms with E-state index in [4.69, 9.17) is 5.11 Å². The molecule has 15 heavy (non-hydrogen) atoms. The minimum atomic E-state index is 0.207. The Morgan fingerprint density at radius 2 is 2.47 bits per heavy atom. The normalized spacial score (nSPS) is 13.0. The Labute approximate surface area is 99.3 Å². The third kappa shape index (κ3) is 4.97. The maximum atomic E-state index is 9.15. The highest BCUT2D eigenvalue weighted by molar-refractivity contribution is 7.98. The van der Waals surface area contributed by atoms with Gasteiger partial charge in [-0.1, -0.05) is 0 Å². The summed E-state index contributed by atoms with van der Waals surface area (Å²) >= 11 is 3.51. The Morgan fingerprint density at radius 3 is 3.00 bits per heavy atom. The third-order valence-corrected chi connectivity index (χ3v) is 3.68. The Balaban J connectivity index is 2.27. The van der Waals surface area contributed by atoms with Gasteiger partial charge in [-0.25, -0.2) is 4.98 Å². The van der Waals surface area contributed by atoms with Crippen LogP contribution in [0.15, 0.2) is 6.20 Å². The van der Waals surface area contributed by atoms with Gasteiger partial charge in [-0.2, -0.15) is 11.8 Å². The summed E-state index contributed by atoms with van der Waals surface area (Å²) < 4.78 is 0. The fourth-order valence-electron chi connectivity index (χ4n) is 1.25. The largest absolute Gasteiger partial charge is 0.395 e. The van der Waals surface area contributed by atoms with Gasteiger partial charge in [0.05, 0.1) is 11.6 Å². The molecule has 1 aromatic heterocycles. The number of aryl methyl sites for hydroxylation is 1. The highest BCUT2D eigenvalue weighted by Gasteiger charge is 2.06. The minimum Gasteiger partial charge on any atom is -0.395 e. The zero-order valence-corrected chi connectivity index (χ0v) is 10.8. The van der Waals surface area contributed by atoms with Gasteiger partial charge < -0.3 is 10.4 Å². The van der Waals surface area contributed by atoms with Crippen molar-refractivity contribution in [2.75, 3.05) is 18.6 Å². The van der Waals surface area contributed by atoms with Crippen LogP contribution in [-0.2, 0) is 6.54 Å². The lowest BCUT2D eigenvalue weighted by molar-refractivity contribution is 0.239. The number of thiazole rings is 1. The lowest BCUT2D eigenvalue weighted by Gasteiger charge is -2.14. The zero-order chi connectivity index (χ0) is 11.1. The number of rotatable bonds is 7. The summed E-state index contributed by atoms with van der Waals surface area (Å²) in [5.74, 6) is 1.08. The van der Waals surface area contributed by atoms with Crippen LogP contribution in [0, 0.1) is 6.92 Å². The van der Waals surface area contributed by atoms with Gasteiger partial charge in [0.25, 0.3) is 0 Å². The first-order valence-electron chi connectivity index (χ1n) is 5.00. The highest BCUT2D eigenvalue weighted by Crippen LogP contribution is 2.11. The van der Waals surface area contributed by atoms with Crippen LogP contribution in [0.2, 0.25) is 0 Å². The summed E-state index contributed by atoms with van der Waals surface area (Å²) in [6, 6.07) is 0.208. The van der Waals surface area contributed by atoms with Gasteiger partial charge in [-0.05, 0) is 25.4 Å². The van der Waals surface area contributed by atoms with Crippen molar-refractivity contribution in [2.45, 2.75) is 25.9 Å². The molecule has 0 saturated heterocycles. The number of thioether (sulfide) groups is 1. The smallest absolute Gasteiger partial charge is 0.0897 e. The molecule has 0 aliphatic rings. The van der Waals surface area contributed by atoms with Crippen molar-refractivity contribution >= 4 is 23.1 Å². The van der Waals surface area contributed by atoms with Crippen LogP contribution >= 0.6 is 23.1 Å². The van der Waals surface area contributed by atoms with E-state index in [1.54, 1.807) is 11.3 Å². The molecule has 0 saturated carbocycles. The van der Waals surface area contributed by atoms with Crippen molar-refractivity contribution in [3.05, 3.63) is 16.1 Å². The fraction of sp³-hybridized carbons (Fsp3) is 0.700. The van der Waals surface area contributed by atoms with Crippen LogP contribution in [0.1, 0.15) is 16.3 Å². The minimum absolute atomic E-state index is 0.207. The van der Waals surface area contributed by atoms with Crippen molar-refractivity contribution in [1.29, 1.82) is 0 Å². The Kier molecular flexibility index (Phi) is 6.24. The number of nitrogens with zero attached hydrogens (tertiary/aromatic N) is 1. The van der Waals surface area contributed by atoms with Crippen molar-refractivity contribution in [1.82, 2.24) is 10.3 Å². The molecule has 0 aromatic carbocycles. The predicted molar refractivity (Wildman–Crippen MR) is 67.6 cm³/mol. The van der Waals surface area contributed by atoms with Crippen molar-refractivity contribution in [3.8, 4) is 0 Å². The quantitative estimate of drug-likeness (QED) is 0.768. The van der Waals surface area contributed by atoms with Crippen LogP contribution in [-0.4, -0.2) is 34.7 Å². The molecule has 0 spiro atoms. The van der Waals surface area contributed by atoms with E-state index < -0.39 is 0 Å². The number of hydrogen-bond donors (Lipinski definition) is 2. The number of aliphatic hydroxyl groups is 1. The lowest BCUT2D eigenvalue weighted by atomic mass is 10.2. The maximum absolute atomic E-state index is 9.15. The standard InChI is InChI=1S/C10H18N2OS2/c1-8-11-5-10(15-8)6-12-9(7-13)3-4-14-2/h5,9,12-13H,3-4,6-7H2,1-2H3. The highest BCUT2D eigenvalue weighted by atomic mass is 32.2. The second kappa shape index (κ2) is 7.22. The fourth-order valence-corrected chi connectivity index (χ4v) is 2.52. The molecule has 0 amide bonds. The number of aliphatic hydroxyl groups excluding tert-OH is 1. The number of hydrogen-bond acceptors (Lipinski definition) is 5. The van der Waals surface area contributed by atoms with E-state index in [0.717, 1.165) is 23.7 Å². The third-order valence-electron chi connectivity index (χ3n) is 2.12. The summed E-state index contributed by atoms with van der Waals surface area (Å²) in [7, 11) is 0. The molecule has 0 radical (unpaired) electrons. The predicted octanol–water partition coefficient (Wildman–Crippen LogP) is 1.66. The van der Waals surface area contributed by atoms with Gasteiger partial charge in [-0.15, -0.1) is 11.3 Å². The molecule has 0 bridgehead atoms. The van der Waals surface area contributed by atoms with E-state index in [0.29, 0.717) is 0 Å². The van der Waals surface area contributed by atoms with Crippen molar-refractivity contribution in [2.24, 2.45) is 0 Å². The molecule has 0 fully saturated rings. The van der Waals surface area contributed by atoms with E-state index in [2.05, 4.69) is 16.6 Å². The molecule has 1 aromatic rings. The summed E-state index contributed by atoms with van der Waals surface area (Å²) in [6.07, 6.45) is 4.99. The summed E-state index contributed by atoms with van der Waals surface area (Å²) in [5.41, 5.74) is 0. The average Bonchev–Trinajstić information content (AvgIpc) is 2.65. The molecule has 1 atom stereocenters. The molecule has 2 N–H and O–H groups in total. The Hall–Kier alpha value is -0.100. The first-order chi connectivity index (χ1) is 7.26. The van der Waals surface area contributed by atoms with Crippen molar-refractivity contribution in [3.63, 3.8) is 0 Å². The van der Waals surface area contributed by atoms with Gasteiger partial charge >= 0.3 is 0 Å². The van der Waals surface area contributed by atoms with Gasteiger partial charge in [0, 0.05) is 23.7 Å². The molecule has 86 valence electrons. The molecule has 1 unspecified atom stereocenters. The van der Waals surface area contributed by atoms with E-state index in [-0.39, 0.29) is 12.6 Å². The number of aromatic nitrogens is 1. The van der Waals surface area contributed by atoms with Gasteiger partial charge in [0.1, 0.15) is 0 Å². The monoisotopic (exact) mass is 246 g/mol. The molecular formula is C10H18N2OS2. The first kappa shape index (κ1) is 13.0. The molecule has 3 nitrogen and oxygen atoms in total. The van der Waals surface area contributed by atoms with Crippen LogP contribution in [0.5, 0.6) is 0 Å². The molecule has 5 heteroatoms. The van der Waals surface area contributed by atoms with Crippen LogP contribution in [0.4, 0.5) is 0 Å². The van der Waals surface area contributed by atoms with Crippen LogP contribution in [0.25, 0.3) is 0 Å². The zero-order valence-electron chi connectivity index (χ0n) is 9.19. The lowest BCUT2D eigenvalue weighted by Crippen LogP contribution is -2.32. The summed E-state index contributed by atoms with van der Waals surface area (Å²) in [5, 5.41) is 13.6. The van der Waals surface area contributed by atoms with E-state index in [9.17, 15) is 0 Å². The summed E-state index contributed by atoms with van der Waals surface area (Å²) in [6.45, 7) is 3.02. The van der Waals surface area contributed by atoms with Crippen LogP contribution in [0.3, 0.4) is 0 Å². The molecule has 1 rings (SSSR count). The Bertz CT molecular complexity index is 278. The molecule has 1 heterocycles. The van der Waals surface area contributed by atoms with E-state index in [1.165, 1.54) is 4.88 Å². The second-order valence-electron chi connectivity index (χ2n) is 3.39. The maximum Gasteiger partial charge on any atom is 0.0897 e. The Morgan fingerprint density at radius 1 is 1.67 bits per heavy atom. The topological polar surface area (TPSA) is 45.1 Å². The van der Waals surface area contributed by atoms with Crippen LogP contribution < -0.4 is 5.32 Å². The first-order valence-corrected chi connectivity index (χ1v) is 7.21. The number of nitrogens with one attached hydrogen (secondary N) is 1. The van der Waals surface area contributed by atoms with E-state index >= 15 is 0 Å². The molecular weight excluding hydrogens is 228 g/mol. The molecule has 0 aliphatic carbocycles.